The smallest absolute Gasteiger partial charge is 0.259 e. The highest BCUT2D eigenvalue weighted by molar-refractivity contribution is 5.96. The van der Waals surface area contributed by atoms with E-state index in [1.165, 1.54) is 0 Å². The summed E-state index contributed by atoms with van der Waals surface area (Å²) in [5.74, 6) is 0.804. The van der Waals surface area contributed by atoms with Gasteiger partial charge in [-0.25, -0.2) is 0 Å². The minimum atomic E-state index is -0.0869. The molecule has 1 saturated heterocycles. The van der Waals surface area contributed by atoms with Gasteiger partial charge in [-0.2, -0.15) is 0 Å². The van der Waals surface area contributed by atoms with E-state index in [1.807, 2.05) is 0 Å². The SMILES string of the molecule is Cc1noc(C)c1C(=O)N1CCC(C)C1CO. The summed E-state index contributed by atoms with van der Waals surface area (Å²) in [6, 6.07) is -0.0869. The highest BCUT2D eigenvalue weighted by atomic mass is 16.5. The number of carbonyl (C=O) groups is 1. The molecule has 2 rings (SSSR count). The molecule has 5 nitrogen and oxygen atoms in total. The number of hydrogen-bond acceptors (Lipinski definition) is 4. The summed E-state index contributed by atoms with van der Waals surface area (Å²) in [6.07, 6.45) is 0.931. The minimum Gasteiger partial charge on any atom is -0.394 e. The topological polar surface area (TPSA) is 66.6 Å². The van der Waals surface area contributed by atoms with Gasteiger partial charge in [0.25, 0.3) is 5.91 Å². The fourth-order valence-corrected chi connectivity index (χ4v) is 2.47. The van der Waals surface area contributed by atoms with Crippen LogP contribution >= 0.6 is 0 Å². The molecule has 1 N–H and O–H groups in total. The summed E-state index contributed by atoms with van der Waals surface area (Å²) in [6.45, 7) is 6.25. The number of aromatic nitrogens is 1. The monoisotopic (exact) mass is 238 g/mol. The number of likely N-dealkylation sites (tertiary alicyclic amines) is 1. The van der Waals surface area contributed by atoms with Gasteiger partial charge in [-0.3, -0.25) is 4.79 Å². The van der Waals surface area contributed by atoms with Crippen molar-refractivity contribution in [1.29, 1.82) is 0 Å². The van der Waals surface area contributed by atoms with Gasteiger partial charge in [-0.05, 0) is 26.2 Å². The van der Waals surface area contributed by atoms with E-state index < -0.39 is 0 Å². The van der Waals surface area contributed by atoms with Gasteiger partial charge in [0.05, 0.1) is 18.3 Å². The van der Waals surface area contributed by atoms with Crippen LogP contribution in [-0.4, -0.2) is 40.3 Å². The number of hydrogen-bond donors (Lipinski definition) is 1. The van der Waals surface area contributed by atoms with E-state index in [2.05, 4.69) is 12.1 Å². The van der Waals surface area contributed by atoms with Crippen LogP contribution in [0.5, 0.6) is 0 Å². The first-order valence-corrected chi connectivity index (χ1v) is 5.91. The summed E-state index contributed by atoms with van der Waals surface area (Å²) in [4.78, 5) is 14.1. The van der Waals surface area contributed by atoms with Gasteiger partial charge in [0.15, 0.2) is 0 Å². The van der Waals surface area contributed by atoms with Crippen LogP contribution in [0.3, 0.4) is 0 Å². The number of carbonyl (C=O) groups excluding carboxylic acids is 1. The standard InChI is InChI=1S/C12H18N2O3/c1-7-4-5-14(10(7)6-15)12(16)11-8(2)13-17-9(11)3/h7,10,15H,4-6H2,1-3H3. The molecule has 2 unspecified atom stereocenters. The molecule has 0 aromatic carbocycles. The van der Waals surface area contributed by atoms with Crippen LogP contribution in [0.25, 0.3) is 0 Å². The molecule has 17 heavy (non-hydrogen) atoms. The highest BCUT2D eigenvalue weighted by Gasteiger charge is 2.36. The second-order valence-electron chi connectivity index (χ2n) is 4.71. The van der Waals surface area contributed by atoms with Crippen LogP contribution in [0.2, 0.25) is 0 Å². The zero-order valence-corrected chi connectivity index (χ0v) is 10.4. The van der Waals surface area contributed by atoms with Gasteiger partial charge in [0, 0.05) is 6.54 Å². The van der Waals surface area contributed by atoms with Crippen LogP contribution < -0.4 is 0 Å². The lowest BCUT2D eigenvalue weighted by Gasteiger charge is -2.25. The largest absolute Gasteiger partial charge is 0.394 e. The van der Waals surface area contributed by atoms with Crippen LogP contribution in [-0.2, 0) is 0 Å². The van der Waals surface area contributed by atoms with Crippen molar-refractivity contribution in [2.24, 2.45) is 5.92 Å². The number of aliphatic hydroxyl groups is 1. The average molecular weight is 238 g/mol. The molecule has 1 aromatic rings. The van der Waals surface area contributed by atoms with E-state index in [9.17, 15) is 9.90 Å². The van der Waals surface area contributed by atoms with Gasteiger partial charge < -0.3 is 14.5 Å². The van der Waals surface area contributed by atoms with Crippen molar-refractivity contribution in [2.75, 3.05) is 13.2 Å². The molecule has 0 saturated carbocycles. The molecular weight excluding hydrogens is 220 g/mol. The van der Waals surface area contributed by atoms with Gasteiger partial charge in [0.1, 0.15) is 11.3 Å². The van der Waals surface area contributed by atoms with Crippen molar-refractivity contribution in [2.45, 2.75) is 33.2 Å². The first-order chi connectivity index (χ1) is 8.06. The number of aryl methyl sites for hydroxylation is 2. The van der Waals surface area contributed by atoms with Gasteiger partial charge >= 0.3 is 0 Å². The van der Waals surface area contributed by atoms with E-state index in [-0.39, 0.29) is 18.6 Å². The number of amides is 1. The molecular formula is C12H18N2O3. The van der Waals surface area contributed by atoms with Gasteiger partial charge in [-0.1, -0.05) is 12.1 Å². The molecule has 0 bridgehead atoms. The van der Waals surface area contributed by atoms with Crippen molar-refractivity contribution >= 4 is 5.91 Å². The zero-order valence-electron chi connectivity index (χ0n) is 10.4. The summed E-state index contributed by atoms with van der Waals surface area (Å²) in [5.41, 5.74) is 1.15. The fraction of sp³-hybridized carbons (Fsp3) is 0.667. The molecule has 1 aromatic heterocycles. The number of rotatable bonds is 2. The first-order valence-electron chi connectivity index (χ1n) is 5.91. The minimum absolute atomic E-state index is 0.0102. The predicted octanol–water partition coefficient (Wildman–Crippen LogP) is 1.13. The Morgan fingerprint density at radius 3 is 2.82 bits per heavy atom. The molecule has 1 fully saturated rings. The van der Waals surface area contributed by atoms with Crippen LogP contribution in [0.15, 0.2) is 4.52 Å². The highest BCUT2D eigenvalue weighted by Crippen LogP contribution is 2.26. The summed E-state index contributed by atoms with van der Waals surface area (Å²) in [5, 5.41) is 13.2. The van der Waals surface area contributed by atoms with Crippen LogP contribution in [0.1, 0.15) is 35.2 Å². The predicted molar refractivity (Wildman–Crippen MR) is 61.7 cm³/mol. The van der Waals surface area contributed by atoms with Crippen LogP contribution in [0, 0.1) is 19.8 Å². The third-order valence-corrected chi connectivity index (χ3v) is 3.58. The van der Waals surface area contributed by atoms with Crippen molar-refractivity contribution in [1.82, 2.24) is 10.1 Å². The quantitative estimate of drug-likeness (QED) is 0.838. The Labute approximate surface area is 100 Å². The molecule has 1 amide bonds. The summed E-state index contributed by atoms with van der Waals surface area (Å²) in [7, 11) is 0. The van der Waals surface area contributed by atoms with E-state index >= 15 is 0 Å². The average Bonchev–Trinajstić information content (AvgIpc) is 2.82. The Hall–Kier alpha value is -1.36. The lowest BCUT2D eigenvalue weighted by atomic mass is 10.0. The number of aliphatic hydroxyl groups excluding tert-OH is 1. The molecule has 1 aliphatic rings. The molecule has 2 atom stereocenters. The third kappa shape index (κ3) is 1.95. The molecule has 5 heteroatoms. The Morgan fingerprint density at radius 2 is 2.29 bits per heavy atom. The first kappa shape index (κ1) is 12.1. The van der Waals surface area contributed by atoms with Crippen molar-refractivity contribution in [3.8, 4) is 0 Å². The lowest BCUT2D eigenvalue weighted by Crippen LogP contribution is -2.40. The Morgan fingerprint density at radius 1 is 1.59 bits per heavy atom. The molecule has 94 valence electrons. The van der Waals surface area contributed by atoms with E-state index in [1.54, 1.807) is 18.7 Å². The van der Waals surface area contributed by atoms with Gasteiger partial charge in [-0.15, -0.1) is 0 Å². The molecule has 0 radical (unpaired) electrons. The molecule has 2 heterocycles. The molecule has 1 aliphatic heterocycles. The fourth-order valence-electron chi connectivity index (χ4n) is 2.47. The van der Waals surface area contributed by atoms with Crippen LogP contribution in [0.4, 0.5) is 0 Å². The molecule has 0 aliphatic carbocycles. The van der Waals surface area contributed by atoms with Crippen molar-refractivity contribution < 1.29 is 14.4 Å². The maximum Gasteiger partial charge on any atom is 0.259 e. The summed E-state index contributed by atoms with van der Waals surface area (Å²) < 4.78 is 5.01. The number of nitrogens with zero attached hydrogens (tertiary/aromatic N) is 2. The lowest BCUT2D eigenvalue weighted by molar-refractivity contribution is 0.0646. The third-order valence-electron chi connectivity index (χ3n) is 3.58. The zero-order chi connectivity index (χ0) is 12.6. The molecule has 0 spiro atoms. The van der Waals surface area contributed by atoms with Gasteiger partial charge in [0.2, 0.25) is 0 Å². The van der Waals surface area contributed by atoms with E-state index in [0.717, 1.165) is 6.42 Å². The van der Waals surface area contributed by atoms with Crippen molar-refractivity contribution in [3.05, 3.63) is 17.0 Å². The second-order valence-corrected chi connectivity index (χ2v) is 4.71. The Bertz CT molecular complexity index is 408. The summed E-state index contributed by atoms with van der Waals surface area (Å²) >= 11 is 0. The Kier molecular flexibility index (Phi) is 3.19. The maximum atomic E-state index is 12.4. The van der Waals surface area contributed by atoms with Crippen molar-refractivity contribution in [3.63, 3.8) is 0 Å². The second kappa shape index (κ2) is 4.49. The normalized spacial score (nSPS) is 24.4. The van der Waals surface area contributed by atoms with E-state index in [4.69, 9.17) is 4.52 Å². The van der Waals surface area contributed by atoms with E-state index in [0.29, 0.717) is 29.5 Å². The Balaban J connectivity index is 2.27. The maximum absolute atomic E-state index is 12.4.